The summed E-state index contributed by atoms with van der Waals surface area (Å²) in [4.78, 5) is 18.8. The first-order chi connectivity index (χ1) is 18.3. The summed E-state index contributed by atoms with van der Waals surface area (Å²) in [5.74, 6) is -2.40. The fourth-order valence-electron chi connectivity index (χ4n) is 5.19. The Morgan fingerprint density at radius 1 is 1.18 bits per heavy atom. The number of carboxylic acids is 1. The number of nitrogens with zero attached hydrogens (tertiary/aromatic N) is 2. The fourth-order valence-corrected chi connectivity index (χ4v) is 6.14. The van der Waals surface area contributed by atoms with Crippen molar-refractivity contribution in [2.45, 2.75) is 43.5 Å². The summed E-state index contributed by atoms with van der Waals surface area (Å²) < 4.78 is 46.3. The zero-order valence-corrected chi connectivity index (χ0v) is 22.1. The van der Waals surface area contributed by atoms with E-state index in [1.165, 1.54) is 0 Å². The number of pyridine rings is 1. The number of nitrogens with two attached hydrogens (primary N) is 1. The highest BCUT2D eigenvalue weighted by atomic mass is 32.2. The molecule has 0 atom stereocenters. The molecule has 0 unspecified atom stereocenters. The van der Waals surface area contributed by atoms with Gasteiger partial charge in [-0.05, 0) is 74.5 Å². The van der Waals surface area contributed by atoms with Crippen LogP contribution in [0.5, 0.6) is 5.75 Å². The summed E-state index contributed by atoms with van der Waals surface area (Å²) >= 11 is 1.00. The van der Waals surface area contributed by atoms with E-state index in [2.05, 4.69) is 9.88 Å². The molecule has 0 radical (unpaired) electrons. The second-order valence-electron chi connectivity index (χ2n) is 9.68. The van der Waals surface area contributed by atoms with Crippen LogP contribution in [0.1, 0.15) is 36.8 Å². The van der Waals surface area contributed by atoms with Crippen LogP contribution in [0.4, 0.5) is 13.2 Å². The van der Waals surface area contributed by atoms with E-state index >= 15 is 0 Å². The van der Waals surface area contributed by atoms with Gasteiger partial charge in [-0.15, -0.1) is 11.8 Å². The first-order valence-corrected chi connectivity index (χ1v) is 13.6. The molecular formula is C28H32F3N3O3S. The van der Waals surface area contributed by atoms with Gasteiger partial charge in [0, 0.05) is 42.6 Å². The minimum Gasteiger partial charge on any atom is -0.497 e. The van der Waals surface area contributed by atoms with Crippen LogP contribution in [0.15, 0.2) is 41.4 Å². The highest BCUT2D eigenvalue weighted by molar-refractivity contribution is 7.99. The second-order valence-corrected chi connectivity index (χ2v) is 10.8. The van der Waals surface area contributed by atoms with Crippen LogP contribution in [0.25, 0.3) is 10.9 Å². The second kappa shape index (κ2) is 12.4. The third-order valence-corrected chi connectivity index (χ3v) is 8.53. The lowest BCUT2D eigenvalue weighted by Gasteiger charge is -2.39. The number of rotatable bonds is 11. The van der Waals surface area contributed by atoms with Crippen molar-refractivity contribution in [3.63, 3.8) is 0 Å². The molecule has 0 spiro atoms. The van der Waals surface area contributed by atoms with Gasteiger partial charge in [-0.25, -0.2) is 13.2 Å². The third kappa shape index (κ3) is 6.24. The van der Waals surface area contributed by atoms with Gasteiger partial charge in [0.05, 0.1) is 22.9 Å². The average Bonchev–Trinajstić information content (AvgIpc) is 2.90. The number of carbonyl (C=O) groups is 1. The Morgan fingerprint density at radius 3 is 2.53 bits per heavy atom. The topological polar surface area (TPSA) is 88.7 Å². The lowest BCUT2D eigenvalue weighted by molar-refractivity contribution is -0.152. The van der Waals surface area contributed by atoms with Crippen molar-refractivity contribution < 1.29 is 27.8 Å². The van der Waals surface area contributed by atoms with Gasteiger partial charge in [-0.1, -0.05) is 0 Å². The standard InChI is InChI=1S/C28H32F3N3O3S/c1-37-20-4-5-25-22(15-20)21(18(16-32)17-33-25)3-2-6-28(27(35)36)7-9-34(10-8-28)11-12-38-26-23(30)13-19(29)14-24(26)31/h4-5,13-15,17H,2-3,6-12,16,32H2,1H3,(H,35,36). The number of aryl methyl sites for hydroxylation is 1. The molecule has 1 aromatic heterocycles. The quantitative estimate of drug-likeness (QED) is 0.311. The lowest BCUT2D eigenvalue weighted by Crippen LogP contribution is -2.45. The average molecular weight is 548 g/mol. The smallest absolute Gasteiger partial charge is 0.309 e. The van der Waals surface area contributed by atoms with Crippen molar-refractivity contribution in [1.29, 1.82) is 0 Å². The van der Waals surface area contributed by atoms with Crippen molar-refractivity contribution in [2.75, 3.05) is 32.5 Å². The summed E-state index contributed by atoms with van der Waals surface area (Å²) in [6.45, 7) is 2.08. The molecule has 1 saturated heterocycles. The molecular weight excluding hydrogens is 515 g/mol. The Bertz CT molecular complexity index is 1270. The molecule has 3 aromatic rings. The summed E-state index contributed by atoms with van der Waals surface area (Å²) in [6.07, 6.45) is 4.70. The summed E-state index contributed by atoms with van der Waals surface area (Å²) in [5.41, 5.74) is 8.03. The Labute approximate surface area is 224 Å². The third-order valence-electron chi connectivity index (χ3n) is 7.46. The number of methoxy groups -OCH3 is 1. The SMILES string of the molecule is COc1ccc2ncc(CN)c(CCCC3(C(=O)O)CCN(CCSc4c(F)cc(F)cc4F)CC3)c2c1. The summed E-state index contributed by atoms with van der Waals surface area (Å²) in [6, 6.07) is 7.07. The monoisotopic (exact) mass is 547 g/mol. The Balaban J connectivity index is 1.35. The van der Waals surface area contributed by atoms with Crippen LogP contribution in [-0.4, -0.2) is 53.5 Å². The number of likely N-dealkylation sites (tertiary alicyclic amines) is 1. The van der Waals surface area contributed by atoms with Gasteiger partial charge < -0.3 is 20.5 Å². The minimum absolute atomic E-state index is 0.193. The molecule has 0 amide bonds. The van der Waals surface area contributed by atoms with Crippen LogP contribution < -0.4 is 10.5 Å². The predicted molar refractivity (Wildman–Crippen MR) is 142 cm³/mol. The van der Waals surface area contributed by atoms with Crippen molar-refractivity contribution in [3.05, 3.63) is 65.1 Å². The lowest BCUT2D eigenvalue weighted by atomic mass is 9.74. The number of piperidine rings is 1. The molecule has 6 nitrogen and oxygen atoms in total. The molecule has 0 bridgehead atoms. The largest absolute Gasteiger partial charge is 0.497 e. The molecule has 38 heavy (non-hydrogen) atoms. The number of thioether (sulfide) groups is 1. The molecule has 0 saturated carbocycles. The molecule has 0 aliphatic carbocycles. The van der Waals surface area contributed by atoms with E-state index in [9.17, 15) is 23.1 Å². The van der Waals surface area contributed by atoms with Crippen molar-refractivity contribution in [2.24, 2.45) is 11.1 Å². The van der Waals surface area contributed by atoms with Crippen LogP contribution in [0, 0.1) is 22.9 Å². The first kappa shape index (κ1) is 28.2. The van der Waals surface area contributed by atoms with Gasteiger partial charge >= 0.3 is 5.97 Å². The molecule has 3 N–H and O–H groups in total. The molecule has 10 heteroatoms. The number of benzene rings is 2. The van der Waals surface area contributed by atoms with Gasteiger partial charge in [0.1, 0.15) is 23.2 Å². The number of halogens is 3. The Kier molecular flexibility index (Phi) is 9.17. The van der Waals surface area contributed by atoms with Crippen LogP contribution in [0.2, 0.25) is 0 Å². The highest BCUT2D eigenvalue weighted by Gasteiger charge is 2.40. The van der Waals surface area contributed by atoms with E-state index in [1.807, 2.05) is 18.2 Å². The number of fused-ring (bicyclic) bond motifs is 1. The van der Waals surface area contributed by atoms with Crippen LogP contribution in [-0.2, 0) is 17.8 Å². The maximum absolute atomic E-state index is 13.9. The fraction of sp³-hybridized carbons (Fsp3) is 0.429. The first-order valence-electron chi connectivity index (χ1n) is 12.6. The van der Waals surface area contributed by atoms with E-state index in [-0.39, 0.29) is 4.90 Å². The van der Waals surface area contributed by atoms with E-state index < -0.39 is 28.8 Å². The van der Waals surface area contributed by atoms with Crippen molar-refractivity contribution in [1.82, 2.24) is 9.88 Å². The van der Waals surface area contributed by atoms with Gasteiger partial charge in [0.15, 0.2) is 0 Å². The Hall–Kier alpha value is -2.82. The van der Waals surface area contributed by atoms with Gasteiger partial charge in [-0.3, -0.25) is 9.78 Å². The van der Waals surface area contributed by atoms with Gasteiger partial charge in [0.2, 0.25) is 0 Å². The number of hydrogen-bond acceptors (Lipinski definition) is 6. The Morgan fingerprint density at radius 2 is 1.89 bits per heavy atom. The van der Waals surface area contributed by atoms with E-state index in [1.54, 1.807) is 13.3 Å². The van der Waals surface area contributed by atoms with Gasteiger partial charge in [0.25, 0.3) is 0 Å². The molecule has 1 fully saturated rings. The number of carboxylic acid groups (broad SMARTS) is 1. The van der Waals surface area contributed by atoms with Crippen LogP contribution >= 0.6 is 11.8 Å². The van der Waals surface area contributed by atoms with E-state index in [4.69, 9.17) is 10.5 Å². The van der Waals surface area contributed by atoms with Crippen molar-refractivity contribution in [3.8, 4) is 5.75 Å². The number of hydrogen-bond donors (Lipinski definition) is 2. The van der Waals surface area contributed by atoms with Gasteiger partial charge in [-0.2, -0.15) is 0 Å². The number of ether oxygens (including phenoxy) is 1. The molecule has 2 heterocycles. The molecule has 1 aliphatic heterocycles. The minimum atomic E-state index is -0.943. The summed E-state index contributed by atoms with van der Waals surface area (Å²) in [5, 5.41) is 11.1. The zero-order valence-electron chi connectivity index (χ0n) is 21.3. The number of aromatic nitrogens is 1. The maximum atomic E-state index is 13.9. The van der Waals surface area contributed by atoms with Crippen LogP contribution in [0.3, 0.4) is 0 Å². The van der Waals surface area contributed by atoms with E-state index in [0.29, 0.717) is 76.2 Å². The summed E-state index contributed by atoms with van der Waals surface area (Å²) in [7, 11) is 1.61. The number of aliphatic carboxylic acids is 1. The zero-order chi connectivity index (χ0) is 27.3. The van der Waals surface area contributed by atoms with Crippen molar-refractivity contribution >= 4 is 28.6 Å². The maximum Gasteiger partial charge on any atom is 0.309 e. The highest BCUT2D eigenvalue weighted by Crippen LogP contribution is 2.38. The molecule has 2 aromatic carbocycles. The van der Waals surface area contributed by atoms with E-state index in [0.717, 1.165) is 39.5 Å². The normalized spacial score (nSPS) is 15.6. The predicted octanol–water partition coefficient (Wildman–Crippen LogP) is 5.40. The molecule has 1 aliphatic rings. The molecule has 204 valence electrons. The molecule has 4 rings (SSSR count).